The predicted molar refractivity (Wildman–Crippen MR) is 121 cm³/mol. The summed E-state index contributed by atoms with van der Waals surface area (Å²) in [5.74, 6) is -0.0784. The van der Waals surface area contributed by atoms with Crippen LogP contribution in [0.2, 0.25) is 0 Å². The van der Waals surface area contributed by atoms with Crippen LogP contribution in [0.4, 0.5) is 5.69 Å². The summed E-state index contributed by atoms with van der Waals surface area (Å²) in [7, 11) is -3.76. The minimum absolute atomic E-state index is 0.142. The van der Waals surface area contributed by atoms with Gasteiger partial charge in [0.1, 0.15) is 5.75 Å². The fourth-order valence-electron chi connectivity index (χ4n) is 3.73. The number of sulfonamides is 1. The van der Waals surface area contributed by atoms with Crippen LogP contribution in [0.25, 0.3) is 6.08 Å². The Balaban J connectivity index is 1.43. The first kappa shape index (κ1) is 22.0. The lowest BCUT2D eigenvalue weighted by atomic mass is 10.1. The molecule has 0 saturated carbocycles. The third kappa shape index (κ3) is 4.53. The van der Waals surface area contributed by atoms with Gasteiger partial charge < -0.3 is 15.0 Å². The lowest BCUT2D eigenvalue weighted by Crippen LogP contribution is -2.50. The summed E-state index contributed by atoms with van der Waals surface area (Å²) < 4.78 is 33.2. The number of fused-ring (bicyclic) bond motifs is 1. The topological polar surface area (TPSA) is 96.0 Å². The van der Waals surface area contributed by atoms with Gasteiger partial charge in [-0.3, -0.25) is 9.59 Å². The van der Waals surface area contributed by atoms with Gasteiger partial charge in [-0.1, -0.05) is 29.8 Å². The molecule has 0 bridgehead atoms. The standard InChI is InChI=1S/C23H25N3O5S/c1-16-3-5-18(6-4-16)7-8-23(28)25-9-11-26(12-10-25)32(29,30)21-14-20-19(13-17(21)2)24-22(27)15-31-20/h3-8,13-14H,9-12,15H2,1-2H3,(H,24,27). The summed E-state index contributed by atoms with van der Waals surface area (Å²) >= 11 is 0. The number of piperazine rings is 1. The van der Waals surface area contributed by atoms with E-state index in [1.165, 1.54) is 16.4 Å². The largest absolute Gasteiger partial charge is 0.482 e. The van der Waals surface area contributed by atoms with Crippen LogP contribution >= 0.6 is 0 Å². The fourth-order valence-corrected chi connectivity index (χ4v) is 5.38. The zero-order valence-electron chi connectivity index (χ0n) is 18.0. The number of rotatable bonds is 4. The minimum atomic E-state index is -3.76. The van der Waals surface area contributed by atoms with E-state index < -0.39 is 10.0 Å². The average molecular weight is 456 g/mol. The first-order chi connectivity index (χ1) is 15.2. The fraction of sp³-hybridized carbons (Fsp3) is 0.304. The van der Waals surface area contributed by atoms with Crippen LogP contribution in [0, 0.1) is 13.8 Å². The Morgan fingerprint density at radius 1 is 1.06 bits per heavy atom. The molecule has 1 fully saturated rings. The molecule has 0 atom stereocenters. The molecule has 168 valence electrons. The number of hydrogen-bond acceptors (Lipinski definition) is 5. The van der Waals surface area contributed by atoms with Crippen LogP contribution in [0.15, 0.2) is 47.4 Å². The molecule has 1 saturated heterocycles. The van der Waals surface area contributed by atoms with Crippen LogP contribution < -0.4 is 10.1 Å². The summed E-state index contributed by atoms with van der Waals surface area (Å²) in [6, 6.07) is 10.9. The molecule has 8 nitrogen and oxygen atoms in total. The Morgan fingerprint density at radius 2 is 1.75 bits per heavy atom. The van der Waals surface area contributed by atoms with Gasteiger partial charge in [0.2, 0.25) is 15.9 Å². The summed E-state index contributed by atoms with van der Waals surface area (Å²) in [5.41, 5.74) is 3.07. The summed E-state index contributed by atoms with van der Waals surface area (Å²) in [6.07, 6.45) is 3.29. The maximum atomic E-state index is 13.2. The van der Waals surface area contributed by atoms with Crippen LogP contribution in [0.5, 0.6) is 5.75 Å². The second kappa shape index (κ2) is 8.76. The van der Waals surface area contributed by atoms with Crippen molar-refractivity contribution in [3.05, 3.63) is 59.2 Å². The van der Waals surface area contributed by atoms with Crippen molar-refractivity contribution < 1.29 is 22.7 Å². The van der Waals surface area contributed by atoms with Gasteiger partial charge >= 0.3 is 0 Å². The molecule has 1 N–H and O–H groups in total. The third-order valence-electron chi connectivity index (χ3n) is 5.57. The molecule has 0 spiro atoms. The zero-order chi connectivity index (χ0) is 22.9. The van der Waals surface area contributed by atoms with Gasteiger partial charge in [-0.05, 0) is 37.1 Å². The van der Waals surface area contributed by atoms with E-state index in [0.717, 1.165) is 11.1 Å². The third-order valence-corrected chi connectivity index (χ3v) is 7.61. The van der Waals surface area contributed by atoms with E-state index >= 15 is 0 Å². The number of anilines is 1. The van der Waals surface area contributed by atoms with Gasteiger partial charge in [0, 0.05) is 38.3 Å². The Bertz CT molecular complexity index is 1180. The monoisotopic (exact) mass is 455 g/mol. The Morgan fingerprint density at radius 3 is 2.44 bits per heavy atom. The highest BCUT2D eigenvalue weighted by Gasteiger charge is 2.32. The SMILES string of the molecule is Cc1ccc(C=CC(=O)N2CCN(S(=O)(=O)c3cc4c(cc3C)NC(=O)CO4)CC2)cc1. The molecular formula is C23H25N3O5S. The Labute approximate surface area is 187 Å². The number of nitrogens with one attached hydrogen (secondary N) is 1. The zero-order valence-corrected chi connectivity index (χ0v) is 18.8. The van der Waals surface area contributed by atoms with Gasteiger partial charge in [-0.15, -0.1) is 0 Å². The van der Waals surface area contributed by atoms with E-state index in [2.05, 4.69) is 5.32 Å². The van der Waals surface area contributed by atoms with E-state index in [1.807, 2.05) is 31.2 Å². The highest BCUT2D eigenvalue weighted by molar-refractivity contribution is 7.89. The highest BCUT2D eigenvalue weighted by Crippen LogP contribution is 2.34. The molecule has 2 aliphatic heterocycles. The lowest BCUT2D eigenvalue weighted by molar-refractivity contribution is -0.127. The summed E-state index contributed by atoms with van der Waals surface area (Å²) in [6.45, 7) is 4.58. The summed E-state index contributed by atoms with van der Waals surface area (Å²) in [5, 5.41) is 2.68. The maximum absolute atomic E-state index is 13.2. The van der Waals surface area contributed by atoms with Crippen molar-refractivity contribution in [2.45, 2.75) is 18.7 Å². The second-order valence-corrected chi connectivity index (χ2v) is 9.83. The molecule has 32 heavy (non-hydrogen) atoms. The molecule has 0 aromatic heterocycles. The van der Waals surface area contributed by atoms with Crippen molar-refractivity contribution in [1.82, 2.24) is 9.21 Å². The number of benzene rings is 2. The Kier molecular flexibility index (Phi) is 6.03. The first-order valence-corrected chi connectivity index (χ1v) is 11.8. The van der Waals surface area contributed by atoms with Gasteiger partial charge in [0.25, 0.3) is 5.91 Å². The Hall–Kier alpha value is -3.17. The molecule has 2 aromatic carbocycles. The first-order valence-electron chi connectivity index (χ1n) is 10.3. The number of nitrogens with zero attached hydrogens (tertiary/aromatic N) is 2. The number of ether oxygens (including phenoxy) is 1. The van der Waals surface area contributed by atoms with E-state index in [9.17, 15) is 18.0 Å². The van der Waals surface area contributed by atoms with Crippen LogP contribution in [-0.2, 0) is 19.6 Å². The molecular weight excluding hydrogens is 430 g/mol. The van der Waals surface area contributed by atoms with Crippen LogP contribution in [-0.4, -0.2) is 62.2 Å². The van der Waals surface area contributed by atoms with Crippen molar-refractivity contribution in [3.63, 3.8) is 0 Å². The lowest BCUT2D eigenvalue weighted by Gasteiger charge is -2.34. The van der Waals surface area contributed by atoms with Gasteiger partial charge in [0.15, 0.2) is 6.61 Å². The number of carbonyl (C=O) groups excluding carboxylic acids is 2. The normalized spacial score (nSPS) is 17.1. The van der Waals surface area contributed by atoms with Gasteiger partial charge in [-0.25, -0.2) is 8.42 Å². The van der Waals surface area contributed by atoms with Crippen molar-refractivity contribution in [2.24, 2.45) is 0 Å². The predicted octanol–water partition coefficient (Wildman–Crippen LogP) is 2.18. The van der Waals surface area contributed by atoms with E-state index in [0.29, 0.717) is 30.1 Å². The molecule has 2 aromatic rings. The molecule has 2 heterocycles. The number of carbonyl (C=O) groups is 2. The van der Waals surface area contributed by atoms with Crippen LogP contribution in [0.1, 0.15) is 16.7 Å². The number of hydrogen-bond donors (Lipinski definition) is 1. The minimum Gasteiger partial charge on any atom is -0.482 e. The molecule has 0 unspecified atom stereocenters. The molecule has 4 rings (SSSR count). The quantitative estimate of drug-likeness (QED) is 0.713. The van der Waals surface area contributed by atoms with Crippen molar-refractivity contribution in [3.8, 4) is 5.75 Å². The molecule has 0 radical (unpaired) electrons. The molecule has 2 amide bonds. The second-order valence-electron chi connectivity index (χ2n) is 7.92. The average Bonchev–Trinajstić information content (AvgIpc) is 2.78. The highest BCUT2D eigenvalue weighted by atomic mass is 32.2. The van der Waals surface area contributed by atoms with Crippen molar-refractivity contribution in [1.29, 1.82) is 0 Å². The number of amides is 2. The van der Waals surface area contributed by atoms with Gasteiger partial charge in [0.05, 0.1) is 10.6 Å². The smallest absolute Gasteiger partial charge is 0.262 e. The maximum Gasteiger partial charge on any atom is 0.262 e. The molecule has 0 aliphatic carbocycles. The molecule has 2 aliphatic rings. The van der Waals surface area contributed by atoms with Gasteiger partial charge in [-0.2, -0.15) is 4.31 Å². The molecule has 9 heteroatoms. The summed E-state index contributed by atoms with van der Waals surface area (Å²) in [4.78, 5) is 25.8. The van der Waals surface area contributed by atoms with E-state index in [4.69, 9.17) is 4.74 Å². The van der Waals surface area contributed by atoms with Crippen molar-refractivity contribution >= 4 is 33.6 Å². The number of aryl methyl sites for hydroxylation is 2. The van der Waals surface area contributed by atoms with E-state index in [-0.39, 0.29) is 36.4 Å². The van der Waals surface area contributed by atoms with Crippen molar-refractivity contribution in [2.75, 3.05) is 38.1 Å². The van der Waals surface area contributed by atoms with Crippen LogP contribution in [0.3, 0.4) is 0 Å². The van der Waals surface area contributed by atoms with E-state index in [1.54, 1.807) is 24.0 Å².